The SMILES string of the molecule is CCc1c[nH]c2ncc(-c3[nH]ncc3C)cc12. The van der Waals surface area contributed by atoms with Crippen LogP contribution in [0.1, 0.15) is 18.1 Å². The maximum absolute atomic E-state index is 4.44. The number of aryl methyl sites for hydroxylation is 2. The molecule has 4 heteroatoms. The highest BCUT2D eigenvalue weighted by Crippen LogP contribution is 2.25. The van der Waals surface area contributed by atoms with Gasteiger partial charge in [0.05, 0.1) is 11.9 Å². The number of hydrogen-bond acceptors (Lipinski definition) is 2. The van der Waals surface area contributed by atoms with E-state index in [1.807, 2.05) is 25.5 Å². The first-order valence-electron chi connectivity index (χ1n) is 5.76. The molecule has 0 amide bonds. The third kappa shape index (κ3) is 1.53. The van der Waals surface area contributed by atoms with Crippen LogP contribution in [0.5, 0.6) is 0 Å². The second-order valence-electron chi connectivity index (χ2n) is 4.22. The molecule has 3 heterocycles. The van der Waals surface area contributed by atoms with E-state index in [9.17, 15) is 0 Å². The van der Waals surface area contributed by atoms with Crippen molar-refractivity contribution < 1.29 is 0 Å². The molecule has 0 bridgehead atoms. The zero-order valence-corrected chi connectivity index (χ0v) is 9.91. The predicted octanol–water partition coefficient (Wildman–Crippen LogP) is 2.82. The summed E-state index contributed by atoms with van der Waals surface area (Å²) >= 11 is 0. The number of nitrogens with one attached hydrogen (secondary N) is 2. The van der Waals surface area contributed by atoms with E-state index in [1.54, 1.807) is 0 Å². The molecular weight excluding hydrogens is 212 g/mol. The highest BCUT2D eigenvalue weighted by Gasteiger charge is 2.08. The number of aromatic amines is 2. The zero-order chi connectivity index (χ0) is 11.8. The molecule has 0 fully saturated rings. The van der Waals surface area contributed by atoms with Gasteiger partial charge in [0.25, 0.3) is 0 Å². The normalized spacial score (nSPS) is 11.2. The zero-order valence-electron chi connectivity index (χ0n) is 9.91. The van der Waals surface area contributed by atoms with Crippen LogP contribution in [0.15, 0.2) is 24.7 Å². The summed E-state index contributed by atoms with van der Waals surface area (Å²) in [5.41, 5.74) is 5.51. The van der Waals surface area contributed by atoms with Crippen LogP contribution in [0.3, 0.4) is 0 Å². The molecule has 2 N–H and O–H groups in total. The summed E-state index contributed by atoms with van der Waals surface area (Å²) in [6.07, 6.45) is 6.74. The molecular formula is C13H14N4. The Morgan fingerprint density at radius 3 is 2.88 bits per heavy atom. The minimum Gasteiger partial charge on any atom is -0.346 e. The first-order valence-corrected chi connectivity index (χ1v) is 5.76. The lowest BCUT2D eigenvalue weighted by Gasteiger charge is -2.00. The topological polar surface area (TPSA) is 57.4 Å². The average Bonchev–Trinajstić information content (AvgIpc) is 2.93. The Balaban J connectivity index is 2.22. The van der Waals surface area contributed by atoms with Gasteiger partial charge in [0.2, 0.25) is 0 Å². The fourth-order valence-electron chi connectivity index (χ4n) is 2.13. The first-order chi connectivity index (χ1) is 8.29. The van der Waals surface area contributed by atoms with Crippen LogP contribution in [0.4, 0.5) is 0 Å². The van der Waals surface area contributed by atoms with Gasteiger partial charge >= 0.3 is 0 Å². The molecule has 0 spiro atoms. The molecule has 3 aromatic heterocycles. The summed E-state index contributed by atoms with van der Waals surface area (Å²) in [7, 11) is 0. The van der Waals surface area contributed by atoms with Gasteiger partial charge in [-0.1, -0.05) is 6.92 Å². The van der Waals surface area contributed by atoms with Crippen LogP contribution in [0.2, 0.25) is 0 Å². The van der Waals surface area contributed by atoms with Gasteiger partial charge in [-0.3, -0.25) is 5.10 Å². The van der Waals surface area contributed by atoms with Gasteiger partial charge in [-0.2, -0.15) is 5.10 Å². The van der Waals surface area contributed by atoms with E-state index in [2.05, 4.69) is 33.2 Å². The van der Waals surface area contributed by atoms with Crippen molar-refractivity contribution in [2.45, 2.75) is 20.3 Å². The van der Waals surface area contributed by atoms with Crippen molar-refractivity contribution in [3.63, 3.8) is 0 Å². The molecule has 0 radical (unpaired) electrons. The Bertz CT molecular complexity index is 663. The number of nitrogens with zero attached hydrogens (tertiary/aromatic N) is 2. The molecule has 3 aromatic rings. The number of H-pyrrole nitrogens is 2. The molecule has 0 aliphatic carbocycles. The van der Waals surface area contributed by atoms with E-state index in [0.717, 1.165) is 28.9 Å². The summed E-state index contributed by atoms with van der Waals surface area (Å²) in [5.74, 6) is 0. The molecule has 4 nitrogen and oxygen atoms in total. The maximum Gasteiger partial charge on any atom is 0.137 e. The largest absolute Gasteiger partial charge is 0.346 e. The van der Waals surface area contributed by atoms with Crippen molar-refractivity contribution in [1.29, 1.82) is 0 Å². The van der Waals surface area contributed by atoms with Crippen molar-refractivity contribution in [2.24, 2.45) is 0 Å². The Kier molecular flexibility index (Phi) is 2.21. The van der Waals surface area contributed by atoms with E-state index in [1.165, 1.54) is 10.9 Å². The third-order valence-corrected chi connectivity index (χ3v) is 3.12. The lowest BCUT2D eigenvalue weighted by atomic mass is 10.1. The Hall–Kier alpha value is -2.10. The minimum atomic E-state index is 0.947. The van der Waals surface area contributed by atoms with Crippen LogP contribution < -0.4 is 0 Å². The minimum absolute atomic E-state index is 0.947. The van der Waals surface area contributed by atoms with E-state index in [0.29, 0.717) is 0 Å². The maximum atomic E-state index is 4.44. The molecule has 0 aliphatic rings. The van der Waals surface area contributed by atoms with Gasteiger partial charge in [0.15, 0.2) is 0 Å². The Morgan fingerprint density at radius 2 is 2.18 bits per heavy atom. The second-order valence-corrected chi connectivity index (χ2v) is 4.22. The molecule has 0 atom stereocenters. The lowest BCUT2D eigenvalue weighted by Crippen LogP contribution is -1.85. The number of rotatable bonds is 2. The quantitative estimate of drug-likeness (QED) is 0.706. The van der Waals surface area contributed by atoms with E-state index >= 15 is 0 Å². The predicted molar refractivity (Wildman–Crippen MR) is 67.8 cm³/mol. The molecule has 0 aliphatic heterocycles. The van der Waals surface area contributed by atoms with Crippen LogP contribution in [-0.2, 0) is 6.42 Å². The van der Waals surface area contributed by atoms with E-state index in [-0.39, 0.29) is 0 Å². The third-order valence-electron chi connectivity index (χ3n) is 3.12. The van der Waals surface area contributed by atoms with Crippen molar-refractivity contribution >= 4 is 11.0 Å². The van der Waals surface area contributed by atoms with Gasteiger partial charge in [-0.15, -0.1) is 0 Å². The van der Waals surface area contributed by atoms with E-state index in [4.69, 9.17) is 0 Å². The molecule has 0 unspecified atom stereocenters. The average molecular weight is 226 g/mol. The summed E-state index contributed by atoms with van der Waals surface area (Å²) in [5, 5.41) is 8.26. The summed E-state index contributed by atoms with van der Waals surface area (Å²) < 4.78 is 0. The van der Waals surface area contributed by atoms with Gasteiger partial charge in [0.1, 0.15) is 5.65 Å². The van der Waals surface area contributed by atoms with E-state index < -0.39 is 0 Å². The summed E-state index contributed by atoms with van der Waals surface area (Å²) in [6, 6.07) is 2.16. The number of hydrogen-bond donors (Lipinski definition) is 2. The number of fused-ring (bicyclic) bond motifs is 1. The van der Waals surface area contributed by atoms with Gasteiger partial charge in [-0.25, -0.2) is 4.98 Å². The fraction of sp³-hybridized carbons (Fsp3) is 0.231. The molecule has 86 valence electrons. The fourth-order valence-corrected chi connectivity index (χ4v) is 2.13. The Morgan fingerprint density at radius 1 is 1.29 bits per heavy atom. The molecule has 0 saturated heterocycles. The van der Waals surface area contributed by atoms with Crippen molar-refractivity contribution in [3.8, 4) is 11.3 Å². The number of pyridine rings is 1. The van der Waals surface area contributed by atoms with Gasteiger partial charge in [-0.05, 0) is 30.5 Å². The van der Waals surface area contributed by atoms with Crippen molar-refractivity contribution in [1.82, 2.24) is 20.2 Å². The lowest BCUT2D eigenvalue weighted by molar-refractivity contribution is 1.09. The second kappa shape index (κ2) is 3.73. The monoisotopic (exact) mass is 226 g/mol. The summed E-state index contributed by atoms with van der Waals surface area (Å²) in [6.45, 7) is 4.19. The van der Waals surface area contributed by atoms with Gasteiger partial charge < -0.3 is 4.98 Å². The van der Waals surface area contributed by atoms with Crippen LogP contribution >= 0.6 is 0 Å². The molecule has 3 rings (SSSR count). The van der Waals surface area contributed by atoms with Gasteiger partial charge in [0, 0.05) is 23.3 Å². The van der Waals surface area contributed by atoms with Crippen LogP contribution in [0, 0.1) is 6.92 Å². The molecule has 17 heavy (non-hydrogen) atoms. The Labute approximate surface area is 99.1 Å². The highest BCUT2D eigenvalue weighted by molar-refractivity contribution is 5.84. The van der Waals surface area contributed by atoms with Crippen LogP contribution in [-0.4, -0.2) is 20.2 Å². The number of aromatic nitrogens is 4. The highest BCUT2D eigenvalue weighted by atomic mass is 15.1. The summed E-state index contributed by atoms with van der Waals surface area (Å²) in [4.78, 5) is 7.63. The smallest absolute Gasteiger partial charge is 0.137 e. The van der Waals surface area contributed by atoms with Crippen LogP contribution in [0.25, 0.3) is 22.3 Å². The van der Waals surface area contributed by atoms with Crippen molar-refractivity contribution in [3.05, 3.63) is 35.8 Å². The standard InChI is InChI=1S/C13H14N4/c1-3-9-6-14-13-11(9)4-10(7-15-13)12-8(2)5-16-17-12/h4-7H,3H2,1-2H3,(H,14,15)(H,16,17). The molecule has 0 aromatic carbocycles. The first kappa shape index (κ1) is 10.1. The molecule has 0 saturated carbocycles. The van der Waals surface area contributed by atoms with Crippen molar-refractivity contribution in [2.75, 3.05) is 0 Å².